The molecule has 0 saturated heterocycles. The highest BCUT2D eigenvalue weighted by atomic mass is 16.2. The van der Waals surface area contributed by atoms with Crippen LogP contribution in [-0.4, -0.2) is 17.3 Å². The molecule has 2 rings (SSSR count). The molecular weight excluding hydrogens is 302 g/mol. The number of Topliss-reactive ketones (excluding diaryl/α,β-unsaturated/α-hetero) is 3. The summed E-state index contributed by atoms with van der Waals surface area (Å²) in [4.78, 5) is 38.7. The van der Waals surface area contributed by atoms with Gasteiger partial charge in [0.05, 0.1) is 11.6 Å². The number of carbonyl (C=O) groups is 3. The highest BCUT2D eigenvalue weighted by Gasteiger charge is 2.56. The molecule has 1 saturated carbocycles. The molecule has 0 aliphatic heterocycles. The summed E-state index contributed by atoms with van der Waals surface area (Å²) < 4.78 is 0. The zero-order valence-electron chi connectivity index (χ0n) is 14.7. The summed E-state index contributed by atoms with van der Waals surface area (Å²) in [5.74, 6) is -2.65. The van der Waals surface area contributed by atoms with Gasteiger partial charge in [0.2, 0.25) is 0 Å². The summed E-state index contributed by atoms with van der Waals surface area (Å²) in [6, 6.07) is 6.62. The van der Waals surface area contributed by atoms with Crippen molar-refractivity contribution in [1.29, 1.82) is 5.26 Å². The quantitative estimate of drug-likeness (QED) is 0.475. The Balaban J connectivity index is 2.56. The number of ketones is 3. The second-order valence-corrected chi connectivity index (χ2v) is 7.40. The van der Waals surface area contributed by atoms with Crippen LogP contribution >= 0.6 is 0 Å². The number of carbonyl (C=O) groups excluding carboxylic acids is 3. The van der Waals surface area contributed by atoms with Gasteiger partial charge < -0.3 is 0 Å². The van der Waals surface area contributed by atoms with Gasteiger partial charge in [-0.25, -0.2) is 0 Å². The molecule has 4 nitrogen and oxygen atoms in total. The number of nitrogens with zero attached hydrogens (tertiary/aromatic N) is 1. The van der Waals surface area contributed by atoms with Crippen LogP contribution in [0.5, 0.6) is 0 Å². The minimum Gasteiger partial charge on any atom is -0.297 e. The van der Waals surface area contributed by atoms with Crippen LogP contribution < -0.4 is 0 Å². The van der Waals surface area contributed by atoms with Gasteiger partial charge in [-0.1, -0.05) is 12.2 Å². The van der Waals surface area contributed by atoms with E-state index >= 15 is 0 Å². The van der Waals surface area contributed by atoms with Crippen LogP contribution in [0.4, 0.5) is 0 Å². The molecule has 0 aromatic heterocycles. The van der Waals surface area contributed by atoms with Crippen molar-refractivity contribution in [3.8, 4) is 6.07 Å². The first-order valence-corrected chi connectivity index (χ1v) is 7.79. The fraction of sp³-hybridized carbons (Fsp3) is 0.400. The summed E-state index contributed by atoms with van der Waals surface area (Å²) >= 11 is 0. The Morgan fingerprint density at radius 2 is 1.62 bits per heavy atom. The van der Waals surface area contributed by atoms with Crippen molar-refractivity contribution in [1.82, 2.24) is 0 Å². The van der Waals surface area contributed by atoms with Crippen molar-refractivity contribution in [2.75, 3.05) is 0 Å². The molecule has 1 aromatic rings. The topological polar surface area (TPSA) is 75.0 Å². The first kappa shape index (κ1) is 17.8. The molecule has 0 spiro atoms. The Morgan fingerprint density at radius 1 is 1.12 bits per heavy atom. The Morgan fingerprint density at radius 3 is 2.04 bits per heavy atom. The highest BCUT2D eigenvalue weighted by Crippen LogP contribution is 2.48. The van der Waals surface area contributed by atoms with Gasteiger partial charge in [0.1, 0.15) is 5.92 Å². The van der Waals surface area contributed by atoms with Crippen molar-refractivity contribution < 1.29 is 14.4 Å². The molecule has 0 heterocycles. The van der Waals surface area contributed by atoms with Crippen molar-refractivity contribution >= 4 is 17.3 Å². The van der Waals surface area contributed by atoms with Crippen LogP contribution in [0.3, 0.4) is 0 Å². The third-order valence-electron chi connectivity index (χ3n) is 5.15. The zero-order chi connectivity index (χ0) is 18.4. The fourth-order valence-electron chi connectivity index (χ4n) is 3.32. The maximum absolute atomic E-state index is 13.0. The Kier molecular flexibility index (Phi) is 4.10. The SMILES string of the molecule is C=C1C(C)(C)C(=O)C(C(=O)c2ccc(C#N)cc2C)C(=O)C1(C)C. The average molecular weight is 323 g/mol. The van der Waals surface area contributed by atoms with Gasteiger partial charge in [0, 0.05) is 16.4 Å². The maximum atomic E-state index is 13.0. The van der Waals surface area contributed by atoms with Gasteiger partial charge in [-0.3, -0.25) is 14.4 Å². The summed E-state index contributed by atoms with van der Waals surface area (Å²) in [5, 5.41) is 8.94. The number of hydrogen-bond acceptors (Lipinski definition) is 4. The molecule has 4 heteroatoms. The first-order valence-electron chi connectivity index (χ1n) is 7.79. The van der Waals surface area contributed by atoms with Crippen LogP contribution in [-0.2, 0) is 9.59 Å². The number of hydrogen-bond donors (Lipinski definition) is 0. The van der Waals surface area contributed by atoms with Crippen LogP contribution in [0.25, 0.3) is 0 Å². The zero-order valence-corrected chi connectivity index (χ0v) is 14.7. The van der Waals surface area contributed by atoms with E-state index in [9.17, 15) is 14.4 Å². The van der Waals surface area contributed by atoms with Gasteiger partial charge in [-0.05, 0) is 58.4 Å². The number of aryl methyl sites for hydroxylation is 1. The molecule has 0 unspecified atom stereocenters. The maximum Gasteiger partial charge on any atom is 0.181 e. The second-order valence-electron chi connectivity index (χ2n) is 7.40. The molecule has 1 aliphatic rings. The Bertz CT molecular complexity index is 792. The van der Waals surface area contributed by atoms with Crippen molar-refractivity contribution in [3.05, 3.63) is 47.0 Å². The fourth-order valence-corrected chi connectivity index (χ4v) is 3.32. The summed E-state index contributed by atoms with van der Waals surface area (Å²) in [6.07, 6.45) is 0. The normalized spacial score (nSPS) is 19.9. The molecule has 1 fully saturated rings. The summed E-state index contributed by atoms with van der Waals surface area (Å²) in [5.41, 5.74) is -0.0410. The van der Waals surface area contributed by atoms with Gasteiger partial charge >= 0.3 is 0 Å². The molecule has 124 valence electrons. The first-order chi connectivity index (χ1) is 11.0. The number of nitriles is 1. The largest absolute Gasteiger partial charge is 0.297 e. The van der Waals surface area contributed by atoms with Gasteiger partial charge in [-0.2, -0.15) is 5.26 Å². The van der Waals surface area contributed by atoms with Crippen LogP contribution in [0.1, 0.15) is 49.2 Å². The van der Waals surface area contributed by atoms with E-state index in [-0.39, 0.29) is 0 Å². The summed E-state index contributed by atoms with van der Waals surface area (Å²) in [7, 11) is 0. The van der Waals surface area contributed by atoms with Gasteiger partial charge in [-0.15, -0.1) is 0 Å². The summed E-state index contributed by atoms with van der Waals surface area (Å²) in [6.45, 7) is 12.5. The minimum absolute atomic E-state index is 0.305. The van der Waals surface area contributed by atoms with E-state index < -0.39 is 34.1 Å². The van der Waals surface area contributed by atoms with Crippen LogP contribution in [0.2, 0.25) is 0 Å². The molecule has 1 aliphatic carbocycles. The molecule has 0 radical (unpaired) electrons. The van der Waals surface area contributed by atoms with E-state index in [1.807, 2.05) is 6.07 Å². The Hall–Kier alpha value is -2.54. The van der Waals surface area contributed by atoms with E-state index in [4.69, 9.17) is 5.26 Å². The molecule has 24 heavy (non-hydrogen) atoms. The average Bonchev–Trinajstić information content (AvgIpc) is 2.52. The third kappa shape index (κ3) is 2.41. The number of allylic oxidation sites excluding steroid dienone is 1. The lowest BCUT2D eigenvalue weighted by Gasteiger charge is -2.44. The van der Waals surface area contributed by atoms with E-state index in [0.29, 0.717) is 22.3 Å². The predicted octanol–water partition coefficient (Wildman–Crippen LogP) is 3.43. The standard InChI is InChI=1S/C20H21NO3/c1-11-9-13(10-21)7-8-14(11)16(22)15-17(23)19(3,4)12(2)20(5,6)18(15)24/h7-9,15H,2H2,1,3-6H3. The van der Waals surface area contributed by atoms with E-state index in [2.05, 4.69) is 6.58 Å². The molecule has 0 atom stereocenters. The second kappa shape index (κ2) is 5.52. The highest BCUT2D eigenvalue weighted by molar-refractivity contribution is 6.29. The minimum atomic E-state index is -1.33. The van der Waals surface area contributed by atoms with E-state index in [0.717, 1.165) is 0 Å². The van der Waals surface area contributed by atoms with Gasteiger partial charge in [0.15, 0.2) is 17.3 Å². The lowest BCUT2D eigenvalue weighted by Crippen LogP contribution is -2.54. The molecule has 1 aromatic carbocycles. The predicted molar refractivity (Wildman–Crippen MR) is 90.4 cm³/mol. The van der Waals surface area contributed by atoms with Crippen molar-refractivity contribution in [3.63, 3.8) is 0 Å². The molecule has 0 N–H and O–H groups in total. The lowest BCUT2D eigenvalue weighted by atomic mass is 9.56. The van der Waals surface area contributed by atoms with Crippen molar-refractivity contribution in [2.45, 2.75) is 34.6 Å². The van der Waals surface area contributed by atoms with E-state index in [1.54, 1.807) is 40.7 Å². The van der Waals surface area contributed by atoms with Crippen molar-refractivity contribution in [2.24, 2.45) is 16.7 Å². The molecule has 0 bridgehead atoms. The number of rotatable bonds is 2. The lowest BCUT2D eigenvalue weighted by molar-refractivity contribution is -0.143. The third-order valence-corrected chi connectivity index (χ3v) is 5.15. The van der Waals surface area contributed by atoms with Gasteiger partial charge in [0.25, 0.3) is 0 Å². The smallest absolute Gasteiger partial charge is 0.181 e. The van der Waals surface area contributed by atoms with Crippen LogP contribution in [0.15, 0.2) is 30.4 Å². The monoisotopic (exact) mass is 323 g/mol. The molecule has 0 amide bonds. The van der Waals surface area contributed by atoms with Crippen LogP contribution in [0, 0.1) is 35.0 Å². The molecular formula is C20H21NO3. The van der Waals surface area contributed by atoms with E-state index in [1.165, 1.54) is 12.1 Å². The Labute approximate surface area is 142 Å². The number of benzene rings is 1.